The van der Waals surface area contributed by atoms with E-state index in [1.807, 2.05) is 6.07 Å². The van der Waals surface area contributed by atoms with Crippen LogP contribution in [-0.4, -0.2) is 60.2 Å². The summed E-state index contributed by atoms with van der Waals surface area (Å²) in [5.41, 5.74) is 1.67. The van der Waals surface area contributed by atoms with E-state index in [4.69, 9.17) is 0 Å². The van der Waals surface area contributed by atoms with Crippen LogP contribution in [0.3, 0.4) is 0 Å². The molecule has 0 spiro atoms. The van der Waals surface area contributed by atoms with Gasteiger partial charge in [-0.25, -0.2) is 4.99 Å². The predicted octanol–water partition coefficient (Wildman–Crippen LogP) is 3.27. The maximum absolute atomic E-state index is 13.4. The minimum absolute atomic E-state index is 0.0797. The van der Waals surface area contributed by atoms with Crippen LogP contribution in [0.25, 0.3) is 11.3 Å². The monoisotopic (exact) mass is 480 g/mol. The van der Waals surface area contributed by atoms with Crippen molar-refractivity contribution < 1.29 is 18.3 Å². The Morgan fingerprint density at radius 3 is 2.12 bits per heavy atom. The quantitative estimate of drug-likeness (QED) is 0.434. The molecule has 0 atom stereocenters. The van der Waals surface area contributed by atoms with Crippen LogP contribution in [0.2, 0.25) is 0 Å². The zero-order valence-corrected chi connectivity index (χ0v) is 20.0. The number of benzene rings is 2. The van der Waals surface area contributed by atoms with E-state index in [1.54, 1.807) is 54.6 Å². The molecule has 178 valence electrons. The number of aromatic hydroxyl groups is 1. The largest absolute Gasteiger partial charge is 0.493 e. The maximum atomic E-state index is 13.4. The topological polar surface area (TPSA) is 104 Å². The molecular formula is C25H28N4O4S. The summed E-state index contributed by atoms with van der Waals surface area (Å²) in [6.07, 6.45) is 0.610. The van der Waals surface area contributed by atoms with Crippen molar-refractivity contribution in [1.82, 2.24) is 13.6 Å². The molecule has 4 rings (SSSR count). The van der Waals surface area contributed by atoms with E-state index in [-0.39, 0.29) is 29.1 Å². The zero-order valence-electron chi connectivity index (χ0n) is 19.2. The van der Waals surface area contributed by atoms with Crippen LogP contribution in [0, 0.1) is 0 Å². The summed E-state index contributed by atoms with van der Waals surface area (Å²) in [6.45, 7) is 6.83. The van der Waals surface area contributed by atoms with Gasteiger partial charge in [-0.15, -0.1) is 0 Å². The fourth-order valence-electron chi connectivity index (χ4n) is 4.19. The van der Waals surface area contributed by atoms with E-state index < -0.39 is 22.0 Å². The highest BCUT2D eigenvalue weighted by Gasteiger charge is 2.39. The molecule has 1 aromatic heterocycles. The van der Waals surface area contributed by atoms with E-state index in [1.165, 1.54) is 0 Å². The number of aliphatic imine (C=N–C) groups is 1. The molecule has 1 aliphatic heterocycles. The van der Waals surface area contributed by atoms with Crippen LogP contribution >= 0.6 is 0 Å². The Morgan fingerprint density at radius 1 is 0.941 bits per heavy atom. The van der Waals surface area contributed by atoms with Crippen LogP contribution in [0.4, 0.5) is 0 Å². The number of carbonyl (C=O) groups is 1. The number of nitrogens with one attached hydrogen (secondary N) is 1. The first-order chi connectivity index (χ1) is 16.4. The fraction of sp³-hybridized carbons (Fsp3) is 0.280. The van der Waals surface area contributed by atoms with E-state index in [2.05, 4.69) is 28.5 Å². The third-order valence-electron chi connectivity index (χ3n) is 5.93. The van der Waals surface area contributed by atoms with Gasteiger partial charge in [0.1, 0.15) is 0 Å². The SMILES string of the molecule is CCN(CC)CCCNS(=O)(=O)n1c(O)c2c(c1-c1ccccc1)C(=O)N=C2c1ccccc1. The van der Waals surface area contributed by atoms with Gasteiger partial charge >= 0.3 is 10.2 Å². The Bertz CT molecular complexity index is 1310. The smallest absolute Gasteiger partial charge is 0.308 e. The molecule has 8 nitrogen and oxygen atoms in total. The molecule has 0 unspecified atom stereocenters. The van der Waals surface area contributed by atoms with Crippen LogP contribution in [0.15, 0.2) is 65.7 Å². The average molecular weight is 481 g/mol. The number of aromatic nitrogens is 1. The van der Waals surface area contributed by atoms with Crippen LogP contribution < -0.4 is 4.72 Å². The predicted molar refractivity (Wildman–Crippen MR) is 133 cm³/mol. The number of hydrogen-bond acceptors (Lipinski definition) is 5. The minimum atomic E-state index is -4.20. The lowest BCUT2D eigenvalue weighted by Gasteiger charge is -2.18. The Morgan fingerprint density at radius 2 is 1.53 bits per heavy atom. The van der Waals surface area contributed by atoms with Crippen molar-refractivity contribution in [1.29, 1.82) is 0 Å². The van der Waals surface area contributed by atoms with Crippen LogP contribution in [0.5, 0.6) is 5.88 Å². The molecule has 0 fully saturated rings. The lowest BCUT2D eigenvalue weighted by Crippen LogP contribution is -2.33. The fourth-order valence-corrected chi connectivity index (χ4v) is 5.48. The van der Waals surface area contributed by atoms with E-state index >= 15 is 0 Å². The lowest BCUT2D eigenvalue weighted by molar-refractivity contribution is 0.101. The van der Waals surface area contributed by atoms with Crippen molar-refractivity contribution in [3.05, 3.63) is 77.4 Å². The third kappa shape index (κ3) is 4.42. The summed E-state index contributed by atoms with van der Waals surface area (Å²) in [5, 5.41) is 11.2. The number of carbonyl (C=O) groups excluding carboxylic acids is 1. The van der Waals surface area contributed by atoms with Gasteiger partial charge in [0.25, 0.3) is 5.91 Å². The molecule has 0 saturated heterocycles. The summed E-state index contributed by atoms with van der Waals surface area (Å²) in [7, 11) is -4.20. The van der Waals surface area contributed by atoms with Gasteiger partial charge in [-0.3, -0.25) is 4.79 Å². The van der Waals surface area contributed by atoms with Crippen molar-refractivity contribution >= 4 is 21.8 Å². The molecule has 2 aromatic carbocycles. The number of nitrogens with zero attached hydrogens (tertiary/aromatic N) is 3. The van der Waals surface area contributed by atoms with Crippen LogP contribution in [0.1, 0.15) is 41.8 Å². The van der Waals surface area contributed by atoms with Gasteiger partial charge in [0.05, 0.1) is 22.5 Å². The zero-order chi connectivity index (χ0) is 24.3. The average Bonchev–Trinajstić information content (AvgIpc) is 3.36. The Balaban J connectivity index is 1.78. The molecule has 2 heterocycles. The number of rotatable bonds is 10. The first-order valence-corrected chi connectivity index (χ1v) is 12.8. The molecule has 1 amide bonds. The molecule has 0 bridgehead atoms. The molecule has 0 radical (unpaired) electrons. The number of fused-ring (bicyclic) bond motifs is 1. The maximum Gasteiger partial charge on any atom is 0.308 e. The Kier molecular flexibility index (Phi) is 6.97. The molecule has 34 heavy (non-hydrogen) atoms. The summed E-state index contributed by atoms with van der Waals surface area (Å²) in [6, 6.07) is 17.6. The minimum Gasteiger partial charge on any atom is -0.493 e. The molecule has 1 aliphatic rings. The van der Waals surface area contributed by atoms with Gasteiger partial charge < -0.3 is 10.0 Å². The Labute approximate surface area is 199 Å². The van der Waals surface area contributed by atoms with Gasteiger partial charge in [-0.1, -0.05) is 74.5 Å². The van der Waals surface area contributed by atoms with Gasteiger partial charge in [0, 0.05) is 17.7 Å². The van der Waals surface area contributed by atoms with E-state index in [0.717, 1.165) is 23.6 Å². The summed E-state index contributed by atoms with van der Waals surface area (Å²) in [4.78, 5) is 19.4. The highest BCUT2D eigenvalue weighted by atomic mass is 32.2. The molecule has 2 N–H and O–H groups in total. The highest BCUT2D eigenvalue weighted by molar-refractivity contribution is 7.88. The van der Waals surface area contributed by atoms with Crippen molar-refractivity contribution in [3.8, 4) is 17.1 Å². The third-order valence-corrected chi connectivity index (χ3v) is 7.34. The van der Waals surface area contributed by atoms with Crippen molar-refractivity contribution in [2.24, 2.45) is 4.99 Å². The van der Waals surface area contributed by atoms with Crippen molar-refractivity contribution in [2.75, 3.05) is 26.2 Å². The van der Waals surface area contributed by atoms with Gasteiger partial charge in [-0.05, 0) is 26.1 Å². The van der Waals surface area contributed by atoms with Crippen LogP contribution in [-0.2, 0) is 10.2 Å². The molecule has 0 aliphatic carbocycles. The van der Waals surface area contributed by atoms with Crippen molar-refractivity contribution in [3.63, 3.8) is 0 Å². The Hall–Kier alpha value is -3.27. The second-order valence-electron chi connectivity index (χ2n) is 7.96. The van der Waals surface area contributed by atoms with E-state index in [0.29, 0.717) is 17.5 Å². The highest BCUT2D eigenvalue weighted by Crippen LogP contribution is 2.41. The second-order valence-corrected chi connectivity index (χ2v) is 9.57. The molecular weight excluding hydrogens is 452 g/mol. The summed E-state index contributed by atoms with van der Waals surface area (Å²) < 4.78 is 30.2. The number of amides is 1. The van der Waals surface area contributed by atoms with E-state index in [9.17, 15) is 18.3 Å². The summed E-state index contributed by atoms with van der Waals surface area (Å²) in [5.74, 6) is -1.11. The molecule has 9 heteroatoms. The number of hydrogen-bond donors (Lipinski definition) is 2. The van der Waals surface area contributed by atoms with Crippen molar-refractivity contribution in [2.45, 2.75) is 20.3 Å². The van der Waals surface area contributed by atoms with Gasteiger partial charge in [0.2, 0.25) is 5.88 Å². The first-order valence-electron chi connectivity index (χ1n) is 11.3. The normalized spacial score (nSPS) is 13.4. The summed E-state index contributed by atoms with van der Waals surface area (Å²) >= 11 is 0. The van der Waals surface area contributed by atoms with Gasteiger partial charge in [0.15, 0.2) is 0 Å². The standard InChI is InChI=1S/C25H28N4O4S/c1-3-28(4-2)17-11-16-26-34(32,33)29-23(19-14-9-6-10-15-19)21-20(25(29)31)22(27-24(21)30)18-12-7-5-8-13-18/h5-10,12-15,26,31H,3-4,11,16-17H2,1-2H3. The molecule has 0 saturated carbocycles. The second kappa shape index (κ2) is 9.92. The van der Waals surface area contributed by atoms with Gasteiger partial charge in [-0.2, -0.15) is 17.1 Å². The lowest BCUT2D eigenvalue weighted by atomic mass is 10.0. The molecule has 3 aromatic rings. The first kappa shape index (κ1) is 23.9.